The average molecular weight is 363 g/mol. The highest BCUT2D eigenvalue weighted by Crippen LogP contribution is 2.22. The molecule has 1 amide bonds. The maximum Gasteiger partial charge on any atom is 0.410 e. The fraction of sp³-hybridized carbons (Fsp3) is 0.364. The number of aryl methyl sites for hydroxylation is 1. The van der Waals surface area contributed by atoms with Crippen molar-refractivity contribution in [3.63, 3.8) is 0 Å². The molecule has 1 N–H and O–H groups in total. The van der Waals surface area contributed by atoms with Gasteiger partial charge in [-0.25, -0.2) is 9.78 Å². The Hall–Kier alpha value is -2.82. The fourth-order valence-electron chi connectivity index (χ4n) is 3.59. The number of hydrogen-bond acceptors (Lipinski definition) is 4. The molecule has 140 valence electrons. The molecule has 27 heavy (non-hydrogen) atoms. The second kappa shape index (κ2) is 8.25. The number of amides is 1. The van der Waals surface area contributed by atoms with Crippen molar-refractivity contribution in [1.29, 1.82) is 0 Å². The summed E-state index contributed by atoms with van der Waals surface area (Å²) in [5.41, 5.74) is 3.27. The van der Waals surface area contributed by atoms with Crippen LogP contribution in [0.25, 0.3) is 6.08 Å². The minimum atomic E-state index is -0.231. The summed E-state index contributed by atoms with van der Waals surface area (Å²) >= 11 is 0. The normalized spacial score (nSPS) is 19.0. The highest BCUT2D eigenvalue weighted by molar-refractivity contribution is 5.68. The second-order valence-electron chi connectivity index (χ2n) is 7.17. The molecule has 4 rings (SSSR count). The van der Waals surface area contributed by atoms with E-state index in [1.165, 1.54) is 12.0 Å². The van der Waals surface area contributed by atoms with E-state index < -0.39 is 0 Å². The molecule has 1 saturated heterocycles. The Morgan fingerprint density at radius 3 is 3.04 bits per heavy atom. The van der Waals surface area contributed by atoms with Crippen molar-refractivity contribution in [2.75, 3.05) is 25.0 Å². The topological polar surface area (TPSA) is 54.5 Å². The largest absolute Gasteiger partial charge is 0.445 e. The van der Waals surface area contributed by atoms with Crippen LogP contribution in [0.15, 0.2) is 48.5 Å². The van der Waals surface area contributed by atoms with Crippen molar-refractivity contribution in [1.82, 2.24) is 9.88 Å². The Kier molecular flexibility index (Phi) is 5.37. The van der Waals surface area contributed by atoms with Gasteiger partial charge in [0.2, 0.25) is 0 Å². The lowest BCUT2D eigenvalue weighted by atomic mass is 10.1. The summed E-state index contributed by atoms with van der Waals surface area (Å²) in [4.78, 5) is 18.7. The summed E-state index contributed by atoms with van der Waals surface area (Å²) in [7, 11) is 0. The van der Waals surface area contributed by atoms with Crippen LogP contribution in [0.5, 0.6) is 0 Å². The molecule has 0 spiro atoms. The van der Waals surface area contributed by atoms with Crippen molar-refractivity contribution in [2.24, 2.45) is 5.92 Å². The average Bonchev–Trinajstić information content (AvgIpc) is 3.20. The quantitative estimate of drug-likeness (QED) is 0.888. The third-order valence-electron chi connectivity index (χ3n) is 5.14. The Morgan fingerprint density at radius 2 is 2.15 bits per heavy atom. The van der Waals surface area contributed by atoms with E-state index in [1.54, 1.807) is 4.90 Å². The lowest BCUT2D eigenvalue weighted by molar-refractivity contribution is 0.103. The van der Waals surface area contributed by atoms with E-state index in [2.05, 4.69) is 34.6 Å². The molecule has 5 nitrogen and oxygen atoms in total. The molecule has 0 bridgehead atoms. The molecule has 1 aromatic heterocycles. The lowest BCUT2D eigenvalue weighted by Gasteiger charge is -2.17. The van der Waals surface area contributed by atoms with Crippen LogP contribution < -0.4 is 5.32 Å². The molecular formula is C22H25N3O2. The summed E-state index contributed by atoms with van der Waals surface area (Å²) < 4.78 is 5.43. The predicted molar refractivity (Wildman–Crippen MR) is 106 cm³/mol. The Bertz CT molecular complexity index is 820. The van der Waals surface area contributed by atoms with Gasteiger partial charge in [0.1, 0.15) is 12.4 Å². The van der Waals surface area contributed by atoms with Gasteiger partial charge in [0.25, 0.3) is 0 Å². The van der Waals surface area contributed by atoms with Gasteiger partial charge in [-0.3, -0.25) is 0 Å². The van der Waals surface area contributed by atoms with Crippen LogP contribution in [0.1, 0.15) is 29.7 Å². The van der Waals surface area contributed by atoms with Gasteiger partial charge in [-0.2, -0.15) is 0 Å². The third-order valence-corrected chi connectivity index (χ3v) is 5.14. The zero-order valence-electron chi connectivity index (χ0n) is 15.4. The van der Waals surface area contributed by atoms with Gasteiger partial charge in [0, 0.05) is 19.6 Å². The van der Waals surface area contributed by atoms with Crippen molar-refractivity contribution in [3.8, 4) is 0 Å². The molecular weight excluding hydrogens is 338 g/mol. The second-order valence-corrected chi connectivity index (χ2v) is 7.17. The maximum atomic E-state index is 12.3. The molecule has 1 aromatic carbocycles. The molecule has 0 saturated carbocycles. The number of carbonyl (C=O) groups excluding carboxylic acids is 1. The van der Waals surface area contributed by atoms with E-state index in [-0.39, 0.29) is 6.09 Å². The predicted octanol–water partition coefficient (Wildman–Crippen LogP) is 4.11. The van der Waals surface area contributed by atoms with E-state index in [4.69, 9.17) is 4.74 Å². The third kappa shape index (κ3) is 4.48. The number of hydrogen-bond donors (Lipinski definition) is 1. The molecule has 0 aliphatic carbocycles. The fourth-order valence-corrected chi connectivity index (χ4v) is 3.59. The Balaban J connectivity index is 1.29. The minimum absolute atomic E-state index is 0.231. The molecule has 5 heteroatoms. The smallest absolute Gasteiger partial charge is 0.410 e. The summed E-state index contributed by atoms with van der Waals surface area (Å²) in [5, 5.41) is 3.37. The first kappa shape index (κ1) is 17.6. The number of aromatic nitrogens is 1. The number of anilines is 1. The van der Waals surface area contributed by atoms with Crippen LogP contribution in [0.3, 0.4) is 0 Å². The van der Waals surface area contributed by atoms with Gasteiger partial charge in [-0.1, -0.05) is 42.5 Å². The van der Waals surface area contributed by atoms with E-state index in [9.17, 15) is 4.79 Å². The first-order valence-corrected chi connectivity index (χ1v) is 9.65. The van der Waals surface area contributed by atoms with Crippen molar-refractivity contribution < 1.29 is 9.53 Å². The first-order chi connectivity index (χ1) is 13.3. The SMILES string of the molecule is O=C(OCc1ccccc1)N1CCC(/C=C/c2ccc3c(n2)NCCC3)C1. The lowest BCUT2D eigenvalue weighted by Crippen LogP contribution is -2.29. The number of likely N-dealkylation sites (tertiary alicyclic amines) is 1. The van der Waals surface area contributed by atoms with Gasteiger partial charge in [0.05, 0.1) is 5.69 Å². The highest BCUT2D eigenvalue weighted by atomic mass is 16.6. The standard InChI is InChI=1S/C22H25N3O2/c26-22(27-16-18-5-2-1-3-6-18)25-14-12-17(15-25)8-10-20-11-9-19-7-4-13-23-21(19)24-20/h1-3,5-6,8-11,17H,4,7,12-16H2,(H,23,24)/b10-8+. The van der Waals surface area contributed by atoms with Gasteiger partial charge in [0.15, 0.2) is 0 Å². The highest BCUT2D eigenvalue weighted by Gasteiger charge is 2.25. The Labute approximate surface area is 160 Å². The zero-order valence-corrected chi connectivity index (χ0v) is 15.4. The molecule has 2 aromatic rings. The minimum Gasteiger partial charge on any atom is -0.445 e. The van der Waals surface area contributed by atoms with E-state index >= 15 is 0 Å². The van der Waals surface area contributed by atoms with Crippen LogP contribution in [0.4, 0.5) is 10.6 Å². The van der Waals surface area contributed by atoms with Crippen molar-refractivity contribution in [2.45, 2.75) is 25.9 Å². The summed E-state index contributed by atoms with van der Waals surface area (Å²) in [6, 6.07) is 14.0. The number of rotatable bonds is 4. The zero-order chi connectivity index (χ0) is 18.5. The van der Waals surface area contributed by atoms with Crippen LogP contribution in [-0.4, -0.2) is 35.6 Å². The van der Waals surface area contributed by atoms with Gasteiger partial charge >= 0.3 is 6.09 Å². The number of carbonyl (C=O) groups is 1. The first-order valence-electron chi connectivity index (χ1n) is 9.65. The number of nitrogens with zero attached hydrogens (tertiary/aromatic N) is 2. The van der Waals surface area contributed by atoms with Crippen LogP contribution in [-0.2, 0) is 17.8 Å². The molecule has 1 atom stereocenters. The maximum absolute atomic E-state index is 12.3. The van der Waals surface area contributed by atoms with Crippen molar-refractivity contribution >= 4 is 18.0 Å². The summed E-state index contributed by atoms with van der Waals surface area (Å²) in [6.07, 6.45) is 7.23. The van der Waals surface area contributed by atoms with Gasteiger partial charge in [-0.05, 0) is 48.4 Å². The molecule has 1 unspecified atom stereocenters. The molecule has 1 fully saturated rings. The summed E-state index contributed by atoms with van der Waals surface area (Å²) in [5.74, 6) is 1.36. The van der Waals surface area contributed by atoms with Crippen molar-refractivity contribution in [3.05, 3.63) is 65.4 Å². The van der Waals surface area contributed by atoms with E-state index in [0.717, 1.165) is 43.0 Å². The molecule has 2 aliphatic rings. The molecule has 2 aliphatic heterocycles. The monoisotopic (exact) mass is 363 g/mol. The van der Waals surface area contributed by atoms with Crippen LogP contribution >= 0.6 is 0 Å². The van der Waals surface area contributed by atoms with Crippen LogP contribution in [0.2, 0.25) is 0 Å². The molecule has 3 heterocycles. The summed E-state index contributed by atoms with van der Waals surface area (Å²) in [6.45, 7) is 2.76. The van der Waals surface area contributed by atoms with E-state index in [0.29, 0.717) is 19.1 Å². The molecule has 0 radical (unpaired) electrons. The number of ether oxygens (including phenoxy) is 1. The number of pyridine rings is 1. The Morgan fingerprint density at radius 1 is 1.26 bits per heavy atom. The number of nitrogens with one attached hydrogen (secondary N) is 1. The van der Waals surface area contributed by atoms with Gasteiger partial charge in [-0.15, -0.1) is 0 Å². The number of fused-ring (bicyclic) bond motifs is 1. The number of benzene rings is 1. The van der Waals surface area contributed by atoms with Crippen LogP contribution in [0, 0.1) is 5.92 Å². The van der Waals surface area contributed by atoms with E-state index in [1.807, 2.05) is 30.3 Å². The van der Waals surface area contributed by atoms with Gasteiger partial charge < -0.3 is 15.0 Å².